The number of carbonyl (C=O) groups excluding carboxylic acids is 1. The van der Waals surface area contributed by atoms with Crippen LogP contribution in [-0.2, 0) is 4.79 Å². The van der Waals surface area contributed by atoms with E-state index < -0.39 is 0 Å². The molecule has 5 heteroatoms. The van der Waals surface area contributed by atoms with Crippen LogP contribution in [0.1, 0.15) is 45.1 Å². The fourth-order valence-corrected chi connectivity index (χ4v) is 3.11. The van der Waals surface area contributed by atoms with Crippen molar-refractivity contribution in [2.45, 2.75) is 46.5 Å². The Morgan fingerprint density at radius 2 is 2.25 bits per heavy atom. The third-order valence-electron chi connectivity index (χ3n) is 4.59. The summed E-state index contributed by atoms with van der Waals surface area (Å²) in [5.41, 5.74) is 1.92. The van der Waals surface area contributed by atoms with E-state index in [2.05, 4.69) is 24.5 Å². The van der Waals surface area contributed by atoms with Crippen molar-refractivity contribution in [2.24, 2.45) is 11.8 Å². The SMILES string of the molecule is CCCOc1ccc(NC(=O)CC(C)C2CCCNC2)c(C)c1.Cl. The van der Waals surface area contributed by atoms with Crippen molar-refractivity contribution in [1.82, 2.24) is 5.32 Å². The zero-order valence-electron chi connectivity index (χ0n) is 15.1. The second kappa shape index (κ2) is 10.6. The van der Waals surface area contributed by atoms with Crippen molar-refractivity contribution in [1.29, 1.82) is 0 Å². The second-order valence-electron chi connectivity index (χ2n) is 6.66. The monoisotopic (exact) mass is 354 g/mol. The third-order valence-corrected chi connectivity index (χ3v) is 4.59. The molecular weight excluding hydrogens is 324 g/mol. The maximum absolute atomic E-state index is 12.3. The molecule has 0 aromatic heterocycles. The quantitative estimate of drug-likeness (QED) is 0.772. The lowest BCUT2D eigenvalue weighted by Crippen LogP contribution is -2.34. The maximum atomic E-state index is 12.3. The number of ether oxygens (including phenoxy) is 1. The van der Waals surface area contributed by atoms with Gasteiger partial charge in [0.25, 0.3) is 0 Å². The zero-order valence-corrected chi connectivity index (χ0v) is 15.9. The highest BCUT2D eigenvalue weighted by Crippen LogP contribution is 2.25. The highest BCUT2D eigenvalue weighted by molar-refractivity contribution is 5.91. The van der Waals surface area contributed by atoms with Gasteiger partial charge in [-0.15, -0.1) is 12.4 Å². The van der Waals surface area contributed by atoms with Gasteiger partial charge in [0.05, 0.1) is 6.61 Å². The topological polar surface area (TPSA) is 50.4 Å². The van der Waals surface area contributed by atoms with E-state index in [0.29, 0.717) is 18.3 Å². The van der Waals surface area contributed by atoms with Gasteiger partial charge in [-0.25, -0.2) is 0 Å². The summed E-state index contributed by atoms with van der Waals surface area (Å²) in [6.07, 6.45) is 4.02. The van der Waals surface area contributed by atoms with Crippen LogP contribution < -0.4 is 15.4 Å². The number of halogens is 1. The highest BCUT2D eigenvalue weighted by Gasteiger charge is 2.22. The predicted octanol–water partition coefficient (Wildman–Crippen LogP) is 4.17. The van der Waals surface area contributed by atoms with Gasteiger partial charge in [0.1, 0.15) is 5.75 Å². The molecule has 1 aliphatic heterocycles. The first-order valence-corrected chi connectivity index (χ1v) is 8.84. The Labute approximate surface area is 152 Å². The van der Waals surface area contributed by atoms with Crippen molar-refractivity contribution >= 4 is 24.0 Å². The smallest absolute Gasteiger partial charge is 0.224 e. The number of rotatable bonds is 7. The summed E-state index contributed by atoms with van der Waals surface area (Å²) < 4.78 is 5.62. The molecule has 1 aromatic carbocycles. The largest absolute Gasteiger partial charge is 0.494 e. The van der Waals surface area contributed by atoms with Gasteiger partial charge in [-0.1, -0.05) is 13.8 Å². The van der Waals surface area contributed by atoms with Gasteiger partial charge >= 0.3 is 0 Å². The summed E-state index contributed by atoms with van der Waals surface area (Å²) in [7, 11) is 0. The van der Waals surface area contributed by atoms with Crippen molar-refractivity contribution in [2.75, 3.05) is 25.0 Å². The summed E-state index contributed by atoms with van der Waals surface area (Å²) in [5.74, 6) is 1.99. The van der Waals surface area contributed by atoms with Crippen LogP contribution in [0.5, 0.6) is 5.75 Å². The molecule has 1 amide bonds. The minimum atomic E-state index is 0. The van der Waals surface area contributed by atoms with Crippen molar-refractivity contribution in [3.63, 3.8) is 0 Å². The van der Waals surface area contributed by atoms with Crippen LogP contribution in [0, 0.1) is 18.8 Å². The van der Waals surface area contributed by atoms with Crippen molar-refractivity contribution in [3.8, 4) is 5.75 Å². The molecule has 1 fully saturated rings. The molecule has 4 nitrogen and oxygen atoms in total. The van der Waals surface area contributed by atoms with Gasteiger partial charge in [0, 0.05) is 12.1 Å². The van der Waals surface area contributed by atoms with Crippen molar-refractivity contribution in [3.05, 3.63) is 23.8 Å². The minimum Gasteiger partial charge on any atom is -0.494 e. The van der Waals surface area contributed by atoms with Gasteiger partial charge in [0.15, 0.2) is 0 Å². The number of anilines is 1. The standard InChI is InChI=1S/C19H30N2O2.ClH/c1-4-10-23-17-7-8-18(15(3)11-17)21-19(22)12-14(2)16-6-5-9-20-13-16;/h7-8,11,14,16,20H,4-6,9-10,12-13H2,1-3H3,(H,21,22);1H. The first kappa shape index (κ1) is 20.8. The maximum Gasteiger partial charge on any atom is 0.224 e. The van der Waals surface area contributed by atoms with E-state index in [1.165, 1.54) is 12.8 Å². The zero-order chi connectivity index (χ0) is 16.7. The summed E-state index contributed by atoms with van der Waals surface area (Å²) in [6.45, 7) is 9.15. The lowest BCUT2D eigenvalue weighted by molar-refractivity contribution is -0.117. The van der Waals surface area contributed by atoms with Gasteiger partial charge in [-0.05, 0) is 74.9 Å². The van der Waals surface area contributed by atoms with Crippen LogP contribution in [0.25, 0.3) is 0 Å². The molecule has 2 atom stereocenters. The van der Waals surface area contributed by atoms with E-state index in [0.717, 1.165) is 43.1 Å². The summed E-state index contributed by atoms with van der Waals surface area (Å²) in [5, 5.41) is 6.47. The van der Waals surface area contributed by atoms with Crippen LogP contribution in [0.2, 0.25) is 0 Å². The Morgan fingerprint density at radius 3 is 2.88 bits per heavy atom. The predicted molar refractivity (Wildman–Crippen MR) is 102 cm³/mol. The molecule has 2 unspecified atom stereocenters. The number of carbonyl (C=O) groups is 1. The molecule has 2 rings (SSSR count). The second-order valence-corrected chi connectivity index (χ2v) is 6.66. The lowest BCUT2D eigenvalue weighted by atomic mass is 9.85. The van der Waals surface area contributed by atoms with Crippen LogP contribution in [0.15, 0.2) is 18.2 Å². The van der Waals surface area contributed by atoms with E-state index in [4.69, 9.17) is 4.74 Å². The number of hydrogen-bond donors (Lipinski definition) is 2. The molecule has 2 N–H and O–H groups in total. The molecule has 0 bridgehead atoms. The Hall–Kier alpha value is -1.26. The summed E-state index contributed by atoms with van der Waals surface area (Å²) >= 11 is 0. The molecule has 0 spiro atoms. The minimum absolute atomic E-state index is 0. The average Bonchev–Trinajstić information content (AvgIpc) is 2.56. The van der Waals surface area contributed by atoms with Gasteiger partial charge < -0.3 is 15.4 Å². The molecular formula is C19H31ClN2O2. The van der Waals surface area contributed by atoms with E-state index >= 15 is 0 Å². The fourth-order valence-electron chi connectivity index (χ4n) is 3.11. The number of amides is 1. The summed E-state index contributed by atoms with van der Waals surface area (Å²) in [4.78, 5) is 12.3. The molecule has 136 valence electrons. The van der Waals surface area contributed by atoms with Gasteiger partial charge in [-0.2, -0.15) is 0 Å². The average molecular weight is 355 g/mol. The van der Waals surface area contributed by atoms with E-state index in [-0.39, 0.29) is 18.3 Å². The Bertz CT molecular complexity index is 516. The Morgan fingerprint density at radius 1 is 1.46 bits per heavy atom. The van der Waals surface area contributed by atoms with E-state index in [1.807, 2.05) is 25.1 Å². The fraction of sp³-hybridized carbons (Fsp3) is 0.632. The lowest BCUT2D eigenvalue weighted by Gasteiger charge is -2.28. The van der Waals surface area contributed by atoms with E-state index in [1.54, 1.807) is 0 Å². The Kier molecular flexibility index (Phi) is 9.16. The molecule has 1 aromatic rings. The first-order chi connectivity index (χ1) is 11.1. The van der Waals surface area contributed by atoms with Crippen LogP contribution in [0.4, 0.5) is 5.69 Å². The molecule has 0 aliphatic carbocycles. The molecule has 0 radical (unpaired) electrons. The Balaban J connectivity index is 0.00000288. The molecule has 0 saturated carbocycles. The summed E-state index contributed by atoms with van der Waals surface area (Å²) in [6, 6.07) is 5.84. The molecule has 1 saturated heterocycles. The number of aryl methyl sites for hydroxylation is 1. The van der Waals surface area contributed by atoms with Gasteiger partial charge in [-0.3, -0.25) is 4.79 Å². The van der Waals surface area contributed by atoms with Crippen LogP contribution in [-0.4, -0.2) is 25.6 Å². The highest BCUT2D eigenvalue weighted by atomic mass is 35.5. The third kappa shape index (κ3) is 6.33. The number of hydrogen-bond acceptors (Lipinski definition) is 3. The van der Waals surface area contributed by atoms with Crippen LogP contribution in [0.3, 0.4) is 0 Å². The number of benzene rings is 1. The normalized spacial score (nSPS) is 18.4. The first-order valence-electron chi connectivity index (χ1n) is 8.84. The number of nitrogens with one attached hydrogen (secondary N) is 2. The van der Waals surface area contributed by atoms with Crippen LogP contribution >= 0.6 is 12.4 Å². The molecule has 1 aliphatic rings. The number of piperidine rings is 1. The van der Waals surface area contributed by atoms with Gasteiger partial charge in [0.2, 0.25) is 5.91 Å². The molecule has 1 heterocycles. The van der Waals surface area contributed by atoms with Crippen molar-refractivity contribution < 1.29 is 9.53 Å². The molecule has 24 heavy (non-hydrogen) atoms. The van der Waals surface area contributed by atoms with E-state index in [9.17, 15) is 4.79 Å².